The summed E-state index contributed by atoms with van der Waals surface area (Å²) in [4.78, 5) is 0. The van der Waals surface area contributed by atoms with Crippen molar-refractivity contribution in [2.45, 2.75) is 17.9 Å². The molecule has 0 amide bonds. The van der Waals surface area contributed by atoms with Gasteiger partial charge in [0.2, 0.25) is 12.6 Å². The molecule has 1 unspecified atom stereocenters. The predicted molar refractivity (Wildman–Crippen MR) is 118 cm³/mol. The minimum Gasteiger partial charge on any atom is -0.461 e. The van der Waals surface area contributed by atoms with Crippen LogP contribution in [0.15, 0.2) is 76.5 Å². The van der Waals surface area contributed by atoms with Crippen molar-refractivity contribution in [1.29, 1.82) is 0 Å². The van der Waals surface area contributed by atoms with Crippen LogP contribution in [-0.4, -0.2) is 45.1 Å². The van der Waals surface area contributed by atoms with E-state index in [1.54, 1.807) is 6.26 Å². The van der Waals surface area contributed by atoms with Crippen LogP contribution in [0.4, 0.5) is 0 Å². The fourth-order valence-corrected chi connectivity index (χ4v) is 4.16. The molecule has 0 saturated carbocycles. The third kappa shape index (κ3) is 4.50. The highest BCUT2D eigenvalue weighted by molar-refractivity contribution is 7.99. The maximum Gasteiger partial charge on any atom is 0.231 e. The lowest BCUT2D eigenvalue weighted by atomic mass is 10.2. The summed E-state index contributed by atoms with van der Waals surface area (Å²) in [6.07, 6.45) is 0.940. The van der Waals surface area contributed by atoms with Crippen LogP contribution in [0.2, 0.25) is 0 Å². The quantitative estimate of drug-likeness (QED) is 0.383. The first kappa shape index (κ1) is 20.6. The van der Waals surface area contributed by atoms with E-state index in [0.717, 1.165) is 22.7 Å². The van der Waals surface area contributed by atoms with Gasteiger partial charge in [-0.25, -0.2) is 0 Å². The molecule has 32 heavy (non-hydrogen) atoms. The van der Waals surface area contributed by atoms with E-state index in [1.165, 1.54) is 11.8 Å². The van der Waals surface area contributed by atoms with E-state index < -0.39 is 6.10 Å². The van der Waals surface area contributed by atoms with Crippen LogP contribution in [0.25, 0.3) is 17.3 Å². The number of benzene rings is 2. The van der Waals surface area contributed by atoms with E-state index in [2.05, 4.69) is 10.2 Å². The number of furan rings is 1. The molecule has 2 aromatic heterocycles. The molecule has 8 nitrogen and oxygen atoms in total. The molecule has 5 rings (SSSR count). The van der Waals surface area contributed by atoms with Crippen molar-refractivity contribution in [3.05, 3.63) is 72.5 Å². The number of thioether (sulfide) groups is 1. The number of aliphatic hydroxyl groups is 1. The highest BCUT2D eigenvalue weighted by Crippen LogP contribution is 2.33. The topological polar surface area (TPSA) is 91.8 Å². The van der Waals surface area contributed by atoms with E-state index in [9.17, 15) is 5.11 Å². The summed E-state index contributed by atoms with van der Waals surface area (Å²) in [7, 11) is 0. The Labute approximate surface area is 188 Å². The predicted octanol–water partition coefficient (Wildman–Crippen LogP) is 3.93. The van der Waals surface area contributed by atoms with E-state index in [-0.39, 0.29) is 13.4 Å². The number of aromatic nitrogens is 3. The summed E-state index contributed by atoms with van der Waals surface area (Å²) in [6, 6.07) is 19.1. The standard InChI is InChI=1S/C23H21N3O5S/c27-18(13-28-12-16-8-9-19-21(11-16)31-15-30-19)14-32-23-25-24-22(20-7-4-10-29-20)26(23)17-5-2-1-3-6-17/h1-11,18,27H,12-15H2. The summed E-state index contributed by atoms with van der Waals surface area (Å²) in [5, 5.41) is 19.7. The molecule has 1 atom stereocenters. The molecule has 0 spiro atoms. The van der Waals surface area contributed by atoms with Crippen molar-refractivity contribution in [3.8, 4) is 28.8 Å². The van der Waals surface area contributed by atoms with E-state index in [0.29, 0.717) is 29.1 Å². The SMILES string of the molecule is OC(COCc1ccc2c(c1)OCO2)CSc1nnc(-c2ccco2)n1-c1ccccc1. The molecule has 0 radical (unpaired) electrons. The number of fused-ring (bicyclic) bond motifs is 1. The Morgan fingerprint density at radius 2 is 1.91 bits per heavy atom. The first-order chi connectivity index (χ1) is 15.8. The molecule has 0 saturated heterocycles. The number of aliphatic hydroxyl groups excluding tert-OH is 1. The number of hydrogen-bond donors (Lipinski definition) is 1. The maximum absolute atomic E-state index is 10.4. The second-order valence-electron chi connectivity index (χ2n) is 7.12. The van der Waals surface area contributed by atoms with Gasteiger partial charge in [0.05, 0.1) is 25.6 Å². The van der Waals surface area contributed by atoms with Crippen LogP contribution in [0.5, 0.6) is 11.5 Å². The fraction of sp³-hybridized carbons (Fsp3) is 0.217. The van der Waals surface area contributed by atoms with Gasteiger partial charge in [-0.3, -0.25) is 4.57 Å². The third-order valence-electron chi connectivity index (χ3n) is 4.81. The monoisotopic (exact) mass is 451 g/mol. The van der Waals surface area contributed by atoms with Gasteiger partial charge in [-0.2, -0.15) is 0 Å². The van der Waals surface area contributed by atoms with Crippen molar-refractivity contribution in [1.82, 2.24) is 14.8 Å². The first-order valence-electron chi connectivity index (χ1n) is 10.1. The zero-order valence-corrected chi connectivity index (χ0v) is 17.9. The zero-order valence-electron chi connectivity index (χ0n) is 17.1. The minimum atomic E-state index is -0.665. The van der Waals surface area contributed by atoms with Crippen LogP contribution in [0.3, 0.4) is 0 Å². The average molecular weight is 452 g/mol. The molecule has 3 heterocycles. The molecular formula is C23H21N3O5S. The lowest BCUT2D eigenvalue weighted by Gasteiger charge is -2.12. The number of rotatable bonds is 9. The summed E-state index contributed by atoms with van der Waals surface area (Å²) >= 11 is 1.41. The van der Waals surface area contributed by atoms with Crippen LogP contribution >= 0.6 is 11.8 Å². The molecule has 2 aromatic carbocycles. The van der Waals surface area contributed by atoms with Crippen LogP contribution in [-0.2, 0) is 11.3 Å². The fourth-order valence-electron chi connectivity index (χ4n) is 3.30. The Kier molecular flexibility index (Phi) is 6.11. The smallest absolute Gasteiger partial charge is 0.231 e. The molecule has 1 aliphatic rings. The Bertz CT molecular complexity index is 1160. The summed E-state index contributed by atoms with van der Waals surface area (Å²) < 4.78 is 23.8. The molecule has 164 valence electrons. The van der Waals surface area contributed by atoms with Crippen molar-refractivity contribution in [2.24, 2.45) is 0 Å². The highest BCUT2D eigenvalue weighted by Gasteiger charge is 2.19. The lowest BCUT2D eigenvalue weighted by Crippen LogP contribution is -2.18. The lowest BCUT2D eigenvalue weighted by molar-refractivity contribution is 0.0397. The van der Waals surface area contributed by atoms with Crippen LogP contribution in [0, 0.1) is 0 Å². The van der Waals surface area contributed by atoms with Gasteiger partial charge in [-0.1, -0.05) is 36.0 Å². The van der Waals surface area contributed by atoms with Crippen LogP contribution in [0.1, 0.15) is 5.56 Å². The van der Waals surface area contributed by atoms with E-state index in [4.69, 9.17) is 18.6 Å². The van der Waals surface area contributed by atoms with Gasteiger partial charge in [-0.15, -0.1) is 10.2 Å². The van der Waals surface area contributed by atoms with Gasteiger partial charge in [0.25, 0.3) is 0 Å². The van der Waals surface area contributed by atoms with Gasteiger partial charge < -0.3 is 23.7 Å². The normalized spacial score (nSPS) is 13.4. The highest BCUT2D eigenvalue weighted by atomic mass is 32.2. The Hall–Kier alpha value is -3.27. The van der Waals surface area contributed by atoms with Crippen LogP contribution < -0.4 is 9.47 Å². The first-order valence-corrected chi connectivity index (χ1v) is 11.1. The van der Waals surface area contributed by atoms with Gasteiger partial charge in [0.15, 0.2) is 22.4 Å². The molecule has 0 bridgehead atoms. The van der Waals surface area contributed by atoms with E-state index in [1.807, 2.05) is 65.2 Å². The zero-order chi connectivity index (χ0) is 21.8. The number of nitrogens with zero attached hydrogens (tertiary/aromatic N) is 3. The summed E-state index contributed by atoms with van der Waals surface area (Å²) in [5.41, 5.74) is 1.88. The van der Waals surface area contributed by atoms with Gasteiger partial charge in [0, 0.05) is 11.4 Å². The van der Waals surface area contributed by atoms with Crippen molar-refractivity contribution >= 4 is 11.8 Å². The van der Waals surface area contributed by atoms with Crippen molar-refractivity contribution in [3.63, 3.8) is 0 Å². The Morgan fingerprint density at radius 1 is 1.03 bits per heavy atom. The number of para-hydroxylation sites is 1. The number of hydrogen-bond acceptors (Lipinski definition) is 8. The molecule has 1 aliphatic heterocycles. The second-order valence-corrected chi connectivity index (χ2v) is 8.11. The molecular weight excluding hydrogens is 430 g/mol. The molecule has 0 aliphatic carbocycles. The Morgan fingerprint density at radius 3 is 2.75 bits per heavy atom. The van der Waals surface area contributed by atoms with Crippen molar-refractivity contribution < 1.29 is 23.7 Å². The maximum atomic E-state index is 10.4. The molecule has 9 heteroatoms. The van der Waals surface area contributed by atoms with E-state index >= 15 is 0 Å². The Balaban J connectivity index is 1.21. The summed E-state index contributed by atoms with van der Waals surface area (Å²) in [6.45, 7) is 0.817. The summed E-state index contributed by atoms with van der Waals surface area (Å²) in [5.74, 6) is 3.10. The minimum absolute atomic E-state index is 0.200. The molecule has 1 N–H and O–H groups in total. The molecule has 0 fully saturated rings. The third-order valence-corrected chi connectivity index (χ3v) is 5.88. The van der Waals surface area contributed by atoms with Gasteiger partial charge in [0.1, 0.15) is 0 Å². The van der Waals surface area contributed by atoms with Gasteiger partial charge in [-0.05, 0) is 42.0 Å². The second kappa shape index (κ2) is 9.47. The van der Waals surface area contributed by atoms with Crippen molar-refractivity contribution in [2.75, 3.05) is 19.2 Å². The largest absolute Gasteiger partial charge is 0.461 e. The average Bonchev–Trinajstić information content (AvgIpc) is 3.58. The number of ether oxygens (including phenoxy) is 3. The molecule has 4 aromatic rings. The van der Waals surface area contributed by atoms with Gasteiger partial charge >= 0.3 is 0 Å².